The Bertz CT molecular complexity index is 1070. The monoisotopic (exact) mass is 521 g/mol. The fourth-order valence-corrected chi connectivity index (χ4v) is 11.1. The van der Waals surface area contributed by atoms with Crippen molar-refractivity contribution in [3.63, 3.8) is 0 Å². The standard InChI is InChI=1S/C34H51NO3/c1-21(10-13-30(38)35-28-9-7-6-8-22(28)20-32(35,2)3)25-11-12-26-31-27(15-17-34(25,26)5)33(4)16-14-24(36)18-23(33)19-29(31)37/h6-9,21,23-27,29,31,36-37H,10-20H2,1-5H3/t21-,23+,24-,25-,26+,27+,29-,31+,33+,34-/m1/s1. The van der Waals surface area contributed by atoms with Crippen LogP contribution in [-0.2, 0) is 11.2 Å². The summed E-state index contributed by atoms with van der Waals surface area (Å²) in [6.07, 6.45) is 10.9. The molecule has 0 saturated heterocycles. The van der Waals surface area contributed by atoms with E-state index in [2.05, 4.69) is 63.8 Å². The van der Waals surface area contributed by atoms with E-state index in [1.807, 2.05) is 0 Å². The lowest BCUT2D eigenvalue weighted by Gasteiger charge is -2.62. The first kappa shape index (κ1) is 26.8. The van der Waals surface area contributed by atoms with Gasteiger partial charge in [0, 0.05) is 17.6 Å². The molecule has 0 unspecified atom stereocenters. The molecule has 1 aromatic rings. The smallest absolute Gasteiger partial charge is 0.227 e. The van der Waals surface area contributed by atoms with Crippen LogP contribution in [0.4, 0.5) is 5.69 Å². The Morgan fingerprint density at radius 2 is 1.68 bits per heavy atom. The average molecular weight is 522 g/mol. The minimum Gasteiger partial charge on any atom is -0.393 e. The van der Waals surface area contributed by atoms with Gasteiger partial charge in [-0.3, -0.25) is 4.79 Å². The van der Waals surface area contributed by atoms with Gasteiger partial charge in [0.15, 0.2) is 0 Å². The fraction of sp³-hybridized carbons (Fsp3) is 0.794. The van der Waals surface area contributed by atoms with Crippen molar-refractivity contribution in [2.75, 3.05) is 4.90 Å². The number of hydrogen-bond donors (Lipinski definition) is 2. The molecular weight excluding hydrogens is 470 g/mol. The van der Waals surface area contributed by atoms with E-state index < -0.39 is 0 Å². The van der Waals surface area contributed by atoms with Crippen LogP contribution in [0.5, 0.6) is 0 Å². The Morgan fingerprint density at radius 3 is 2.47 bits per heavy atom. The van der Waals surface area contributed by atoms with Crippen LogP contribution in [-0.4, -0.2) is 33.9 Å². The number of carbonyl (C=O) groups is 1. The minimum atomic E-state index is -0.221. The first-order chi connectivity index (χ1) is 18.0. The van der Waals surface area contributed by atoms with Crippen LogP contribution in [0.3, 0.4) is 0 Å². The van der Waals surface area contributed by atoms with Crippen molar-refractivity contribution in [3.05, 3.63) is 29.8 Å². The number of carbonyl (C=O) groups excluding carboxylic acids is 1. The van der Waals surface area contributed by atoms with Crippen LogP contribution in [0.1, 0.15) is 104 Å². The number of hydrogen-bond acceptors (Lipinski definition) is 3. The molecule has 2 N–H and O–H groups in total. The molecule has 4 nitrogen and oxygen atoms in total. The molecule has 0 bridgehead atoms. The SMILES string of the molecule is C[C@H](CCC(=O)N1c2ccccc2CC1(C)C)[C@H]1CC[C@H]2[C@@H]3[C@H](O)C[C@@H]4C[C@H](O)CC[C@]4(C)[C@H]3CC[C@]12C. The summed E-state index contributed by atoms with van der Waals surface area (Å²) in [7, 11) is 0. The number of aliphatic hydroxyl groups is 2. The molecule has 4 fully saturated rings. The second-order valence-electron chi connectivity index (χ2n) is 15.3. The molecule has 210 valence electrons. The summed E-state index contributed by atoms with van der Waals surface area (Å²) >= 11 is 0. The Labute approximate surface area is 230 Å². The largest absolute Gasteiger partial charge is 0.393 e. The normalized spacial score (nSPS) is 44.1. The van der Waals surface area contributed by atoms with Gasteiger partial charge in [-0.1, -0.05) is 39.0 Å². The molecule has 4 saturated carbocycles. The van der Waals surface area contributed by atoms with Gasteiger partial charge in [0.25, 0.3) is 0 Å². The first-order valence-electron chi connectivity index (χ1n) is 15.7. The van der Waals surface area contributed by atoms with E-state index in [-0.39, 0.29) is 34.5 Å². The molecule has 1 aliphatic heterocycles. The average Bonchev–Trinajstić information content (AvgIpc) is 3.35. The zero-order valence-corrected chi connectivity index (χ0v) is 24.5. The molecule has 6 rings (SSSR count). The van der Waals surface area contributed by atoms with E-state index in [1.165, 1.54) is 31.2 Å². The summed E-state index contributed by atoms with van der Waals surface area (Å²) in [6.45, 7) is 11.8. The van der Waals surface area contributed by atoms with E-state index >= 15 is 0 Å². The van der Waals surface area contributed by atoms with Crippen molar-refractivity contribution < 1.29 is 15.0 Å². The number of benzene rings is 1. The second kappa shape index (κ2) is 9.33. The molecule has 38 heavy (non-hydrogen) atoms. The molecule has 0 radical (unpaired) electrons. The molecule has 1 heterocycles. The maximum atomic E-state index is 13.6. The lowest BCUT2D eigenvalue weighted by atomic mass is 9.43. The second-order valence-corrected chi connectivity index (χ2v) is 15.3. The van der Waals surface area contributed by atoms with Gasteiger partial charge in [-0.05, 0) is 136 Å². The van der Waals surface area contributed by atoms with E-state index in [0.717, 1.165) is 44.2 Å². The molecule has 4 heteroatoms. The predicted molar refractivity (Wildman–Crippen MR) is 153 cm³/mol. The topological polar surface area (TPSA) is 60.8 Å². The Kier molecular flexibility index (Phi) is 6.58. The van der Waals surface area contributed by atoms with Gasteiger partial charge in [0.2, 0.25) is 5.91 Å². The lowest BCUT2D eigenvalue weighted by Crippen LogP contribution is -2.58. The van der Waals surface area contributed by atoms with Crippen LogP contribution < -0.4 is 4.90 Å². The minimum absolute atomic E-state index is 0.160. The Balaban J connectivity index is 1.15. The number of anilines is 1. The molecule has 1 aromatic carbocycles. The third kappa shape index (κ3) is 4.02. The van der Waals surface area contributed by atoms with E-state index in [4.69, 9.17) is 0 Å². The quantitative estimate of drug-likeness (QED) is 0.460. The number of fused-ring (bicyclic) bond motifs is 6. The highest BCUT2D eigenvalue weighted by molar-refractivity contribution is 5.97. The van der Waals surface area contributed by atoms with Crippen LogP contribution in [0.25, 0.3) is 0 Å². The zero-order valence-electron chi connectivity index (χ0n) is 24.5. The third-order valence-corrected chi connectivity index (χ3v) is 12.9. The zero-order chi connectivity index (χ0) is 27.0. The summed E-state index contributed by atoms with van der Waals surface area (Å²) in [5, 5.41) is 21.9. The van der Waals surface area contributed by atoms with Crippen molar-refractivity contribution in [1.29, 1.82) is 0 Å². The van der Waals surface area contributed by atoms with Gasteiger partial charge in [0.05, 0.1) is 12.2 Å². The summed E-state index contributed by atoms with van der Waals surface area (Å²) in [6, 6.07) is 8.41. The van der Waals surface area contributed by atoms with Gasteiger partial charge >= 0.3 is 0 Å². The van der Waals surface area contributed by atoms with Gasteiger partial charge in [0.1, 0.15) is 0 Å². The molecular formula is C34H51NO3. The van der Waals surface area contributed by atoms with Crippen LogP contribution in [0.15, 0.2) is 24.3 Å². The van der Waals surface area contributed by atoms with E-state index in [0.29, 0.717) is 41.9 Å². The highest BCUT2D eigenvalue weighted by Crippen LogP contribution is 2.68. The maximum Gasteiger partial charge on any atom is 0.227 e. The number of para-hydroxylation sites is 1. The number of aliphatic hydroxyl groups excluding tert-OH is 2. The third-order valence-electron chi connectivity index (χ3n) is 12.9. The first-order valence-corrected chi connectivity index (χ1v) is 15.7. The number of amides is 1. The van der Waals surface area contributed by atoms with Crippen molar-refractivity contribution in [2.24, 2.45) is 46.3 Å². The van der Waals surface area contributed by atoms with Gasteiger partial charge in [-0.15, -0.1) is 0 Å². The molecule has 0 spiro atoms. The van der Waals surface area contributed by atoms with Gasteiger partial charge < -0.3 is 15.1 Å². The van der Waals surface area contributed by atoms with Crippen LogP contribution in [0.2, 0.25) is 0 Å². The highest BCUT2D eigenvalue weighted by Gasteiger charge is 2.62. The molecule has 4 aliphatic carbocycles. The van der Waals surface area contributed by atoms with Crippen molar-refractivity contribution in [1.82, 2.24) is 0 Å². The highest BCUT2D eigenvalue weighted by atomic mass is 16.3. The summed E-state index contributed by atoms with van der Waals surface area (Å²) in [5.41, 5.74) is 2.78. The molecule has 5 aliphatic rings. The van der Waals surface area contributed by atoms with E-state index in [9.17, 15) is 15.0 Å². The summed E-state index contributed by atoms with van der Waals surface area (Å²) in [5.74, 6) is 3.48. The van der Waals surface area contributed by atoms with Crippen molar-refractivity contribution >= 4 is 11.6 Å². The number of nitrogens with zero attached hydrogens (tertiary/aromatic N) is 1. The Morgan fingerprint density at radius 1 is 0.974 bits per heavy atom. The van der Waals surface area contributed by atoms with Crippen molar-refractivity contribution in [2.45, 2.75) is 123 Å². The maximum absolute atomic E-state index is 13.6. The van der Waals surface area contributed by atoms with E-state index in [1.54, 1.807) is 0 Å². The lowest BCUT2D eigenvalue weighted by molar-refractivity contribution is -0.174. The predicted octanol–water partition coefficient (Wildman–Crippen LogP) is 6.76. The van der Waals surface area contributed by atoms with Crippen LogP contribution in [0, 0.1) is 46.3 Å². The molecule has 10 atom stereocenters. The fourth-order valence-electron chi connectivity index (χ4n) is 11.1. The molecule has 0 aromatic heterocycles. The molecule has 1 amide bonds. The summed E-state index contributed by atoms with van der Waals surface area (Å²) in [4.78, 5) is 15.7. The number of rotatable bonds is 4. The summed E-state index contributed by atoms with van der Waals surface area (Å²) < 4.78 is 0. The Hall–Kier alpha value is -1.39. The van der Waals surface area contributed by atoms with Gasteiger partial charge in [-0.2, -0.15) is 0 Å². The van der Waals surface area contributed by atoms with Crippen LogP contribution >= 0.6 is 0 Å². The van der Waals surface area contributed by atoms with Crippen molar-refractivity contribution in [3.8, 4) is 0 Å². The van der Waals surface area contributed by atoms with Gasteiger partial charge in [-0.25, -0.2) is 0 Å².